The van der Waals surface area contributed by atoms with Crippen molar-refractivity contribution >= 4 is 39.9 Å². The Morgan fingerprint density at radius 3 is 2.59 bits per heavy atom. The van der Waals surface area contributed by atoms with Crippen molar-refractivity contribution in [3.05, 3.63) is 54.4 Å². The summed E-state index contributed by atoms with van der Waals surface area (Å²) in [5.74, 6) is 1.25. The van der Waals surface area contributed by atoms with Crippen LogP contribution in [0.5, 0.6) is 11.5 Å². The molecule has 0 aliphatic rings. The number of ether oxygens (including phenoxy) is 1. The van der Waals surface area contributed by atoms with Crippen molar-refractivity contribution < 1.29 is 12.9 Å². The molecule has 1 N–H and O–H groups in total. The standard InChI is InChI=1S/C22H23IN6O3/c1-22(2,30)13-29-20(26-15-7-16(31-4)9-17(8-15)32-23)6-5-18-21(29)27-19(11-24-18)14-10-25-28(3)12-14/h5-12,30H,13H2,1-4H3/b26-20+. The van der Waals surface area contributed by atoms with Crippen LogP contribution in [0.4, 0.5) is 5.69 Å². The Labute approximate surface area is 199 Å². The second-order valence-electron chi connectivity index (χ2n) is 8.01. The molecule has 0 atom stereocenters. The second kappa shape index (κ2) is 8.87. The Morgan fingerprint density at radius 1 is 1.16 bits per heavy atom. The summed E-state index contributed by atoms with van der Waals surface area (Å²) >= 11 is 1.82. The van der Waals surface area contributed by atoms with Gasteiger partial charge in [0.1, 0.15) is 22.5 Å². The Hall–Kier alpha value is -2.99. The van der Waals surface area contributed by atoms with E-state index in [2.05, 4.69) is 10.1 Å². The number of pyridine rings is 1. The van der Waals surface area contributed by atoms with E-state index in [1.807, 2.05) is 65.1 Å². The SMILES string of the molecule is COc1cc(/N=c2\ccc3ncc(-c4cnn(C)c4)nc3n2CC(C)(C)O)cc(OI)c1. The Morgan fingerprint density at radius 2 is 1.94 bits per heavy atom. The van der Waals surface area contributed by atoms with Crippen molar-refractivity contribution in [3.8, 4) is 22.8 Å². The predicted molar refractivity (Wildman–Crippen MR) is 129 cm³/mol. The van der Waals surface area contributed by atoms with Crippen LogP contribution in [0.15, 0.2) is 53.9 Å². The van der Waals surface area contributed by atoms with Crippen molar-refractivity contribution in [2.24, 2.45) is 12.0 Å². The zero-order valence-electron chi connectivity index (χ0n) is 18.2. The summed E-state index contributed by atoms with van der Waals surface area (Å²) in [5.41, 5.74) is 3.12. The molecule has 0 saturated heterocycles. The lowest BCUT2D eigenvalue weighted by molar-refractivity contribution is 0.0614. The highest BCUT2D eigenvalue weighted by Crippen LogP contribution is 2.28. The van der Waals surface area contributed by atoms with Crippen LogP contribution >= 0.6 is 23.0 Å². The van der Waals surface area contributed by atoms with Gasteiger partial charge in [-0.2, -0.15) is 5.10 Å². The van der Waals surface area contributed by atoms with Gasteiger partial charge in [0, 0.05) is 37.0 Å². The lowest BCUT2D eigenvalue weighted by Gasteiger charge is -2.21. The van der Waals surface area contributed by atoms with Crippen LogP contribution in [-0.2, 0) is 13.6 Å². The van der Waals surface area contributed by atoms with E-state index in [1.165, 1.54) is 0 Å². The molecule has 1 aromatic carbocycles. The third kappa shape index (κ3) is 4.91. The number of hydrogen-bond acceptors (Lipinski definition) is 7. The minimum Gasteiger partial charge on any atom is -0.497 e. The molecule has 0 aliphatic carbocycles. The predicted octanol–water partition coefficient (Wildman–Crippen LogP) is 3.57. The first-order chi connectivity index (χ1) is 15.3. The summed E-state index contributed by atoms with van der Waals surface area (Å²) in [6.07, 6.45) is 5.34. The van der Waals surface area contributed by atoms with E-state index in [4.69, 9.17) is 17.8 Å². The normalized spacial score (nSPS) is 12.4. The summed E-state index contributed by atoms with van der Waals surface area (Å²) in [5, 5.41) is 14.8. The monoisotopic (exact) mass is 546 g/mol. The Kier molecular flexibility index (Phi) is 6.15. The molecule has 4 aromatic rings. The molecule has 9 nitrogen and oxygen atoms in total. The van der Waals surface area contributed by atoms with E-state index in [0.29, 0.717) is 39.5 Å². The minimum atomic E-state index is -1.000. The van der Waals surface area contributed by atoms with Crippen molar-refractivity contribution in [2.45, 2.75) is 26.0 Å². The van der Waals surface area contributed by atoms with Gasteiger partial charge in [0.25, 0.3) is 0 Å². The molecule has 4 rings (SSSR count). The second-order valence-corrected chi connectivity index (χ2v) is 8.45. The number of halogens is 1. The lowest BCUT2D eigenvalue weighted by atomic mass is 10.1. The summed E-state index contributed by atoms with van der Waals surface area (Å²) in [4.78, 5) is 14.2. The highest BCUT2D eigenvalue weighted by Gasteiger charge is 2.17. The highest BCUT2D eigenvalue weighted by atomic mass is 127. The van der Waals surface area contributed by atoms with E-state index >= 15 is 0 Å². The molecule has 0 fully saturated rings. The smallest absolute Gasteiger partial charge is 0.192 e. The molecular weight excluding hydrogens is 523 g/mol. The number of aliphatic hydroxyl groups is 1. The first-order valence-corrected chi connectivity index (χ1v) is 10.7. The fraction of sp³-hybridized carbons (Fsp3) is 0.273. The molecule has 0 bridgehead atoms. The third-order valence-electron chi connectivity index (χ3n) is 4.68. The van der Waals surface area contributed by atoms with Crippen molar-refractivity contribution in [2.75, 3.05) is 7.11 Å². The highest BCUT2D eigenvalue weighted by molar-refractivity contribution is 14.1. The van der Waals surface area contributed by atoms with Crippen molar-refractivity contribution in [1.82, 2.24) is 24.3 Å². The van der Waals surface area contributed by atoms with Gasteiger partial charge in [-0.15, -0.1) is 0 Å². The maximum absolute atomic E-state index is 10.6. The topological polar surface area (TPSA) is 99.6 Å². The molecular formula is C22H23IN6O3. The van der Waals surface area contributed by atoms with E-state index in [-0.39, 0.29) is 6.54 Å². The molecule has 0 aliphatic heterocycles. The molecule has 166 valence electrons. The maximum Gasteiger partial charge on any atom is 0.192 e. The number of aromatic nitrogens is 5. The Bertz CT molecular complexity index is 1320. The summed E-state index contributed by atoms with van der Waals surface area (Å²) < 4.78 is 14.3. The Balaban J connectivity index is 1.96. The average Bonchev–Trinajstić information content (AvgIpc) is 3.20. The van der Waals surface area contributed by atoms with Crippen LogP contribution < -0.4 is 13.3 Å². The summed E-state index contributed by atoms with van der Waals surface area (Å²) in [6.45, 7) is 3.76. The molecule has 0 spiro atoms. The largest absolute Gasteiger partial charge is 0.497 e. The molecule has 3 heterocycles. The van der Waals surface area contributed by atoms with Crippen LogP contribution in [0, 0.1) is 0 Å². The van der Waals surface area contributed by atoms with Crippen molar-refractivity contribution in [3.63, 3.8) is 0 Å². The molecule has 0 unspecified atom stereocenters. The van der Waals surface area contributed by atoms with Crippen LogP contribution in [0.25, 0.3) is 22.4 Å². The quantitative estimate of drug-likeness (QED) is 0.372. The molecule has 3 aromatic heterocycles. The lowest BCUT2D eigenvalue weighted by Crippen LogP contribution is -2.33. The van der Waals surface area contributed by atoms with Crippen molar-refractivity contribution in [1.29, 1.82) is 0 Å². The number of fused-ring (bicyclic) bond motifs is 1. The third-order valence-corrected chi connectivity index (χ3v) is 5.19. The van der Waals surface area contributed by atoms with Crippen LogP contribution in [0.1, 0.15) is 13.8 Å². The van der Waals surface area contributed by atoms with Gasteiger partial charge in [0.15, 0.2) is 28.7 Å². The molecule has 0 saturated carbocycles. The number of benzene rings is 1. The van der Waals surface area contributed by atoms with Crippen LogP contribution in [0.2, 0.25) is 0 Å². The van der Waals surface area contributed by atoms with Gasteiger partial charge in [-0.3, -0.25) is 9.67 Å². The number of rotatable bonds is 6. The summed E-state index contributed by atoms with van der Waals surface area (Å²) in [7, 11) is 3.45. The first kappa shape index (κ1) is 22.2. The van der Waals surface area contributed by atoms with Gasteiger partial charge in [0.2, 0.25) is 0 Å². The van der Waals surface area contributed by atoms with Crippen LogP contribution in [-0.4, -0.2) is 42.1 Å². The van der Waals surface area contributed by atoms with Gasteiger partial charge in [-0.1, -0.05) is 0 Å². The fourth-order valence-corrected chi connectivity index (χ4v) is 3.56. The zero-order valence-corrected chi connectivity index (χ0v) is 20.3. The van der Waals surface area contributed by atoms with Crippen LogP contribution in [0.3, 0.4) is 0 Å². The molecule has 0 radical (unpaired) electrons. The van der Waals surface area contributed by atoms with Gasteiger partial charge in [0.05, 0.1) is 43.0 Å². The first-order valence-electron chi connectivity index (χ1n) is 9.86. The summed E-state index contributed by atoms with van der Waals surface area (Å²) in [6, 6.07) is 9.13. The van der Waals surface area contributed by atoms with Gasteiger partial charge in [-0.05, 0) is 26.0 Å². The maximum atomic E-state index is 10.6. The van der Waals surface area contributed by atoms with Gasteiger partial charge < -0.3 is 17.5 Å². The number of methoxy groups -OCH3 is 1. The number of hydrogen-bond donors (Lipinski definition) is 1. The number of nitrogens with zero attached hydrogens (tertiary/aromatic N) is 6. The van der Waals surface area contributed by atoms with Gasteiger partial charge >= 0.3 is 0 Å². The zero-order chi connectivity index (χ0) is 22.9. The van der Waals surface area contributed by atoms with Gasteiger partial charge in [-0.25, -0.2) is 9.98 Å². The molecule has 32 heavy (non-hydrogen) atoms. The van der Waals surface area contributed by atoms with E-state index in [1.54, 1.807) is 44.1 Å². The molecule has 0 amide bonds. The number of aryl methyl sites for hydroxylation is 1. The average molecular weight is 546 g/mol. The molecule has 10 heteroatoms. The van der Waals surface area contributed by atoms with E-state index < -0.39 is 5.60 Å². The fourth-order valence-electron chi connectivity index (χ4n) is 3.31. The minimum absolute atomic E-state index is 0.272. The van der Waals surface area contributed by atoms with E-state index in [9.17, 15) is 5.11 Å². The van der Waals surface area contributed by atoms with E-state index in [0.717, 1.165) is 5.56 Å².